The first-order valence-electron chi connectivity index (χ1n) is 9.55. The predicted octanol–water partition coefficient (Wildman–Crippen LogP) is 0.639. The molecule has 2 amide bonds. The van der Waals surface area contributed by atoms with Crippen molar-refractivity contribution in [2.45, 2.75) is 32.7 Å². The van der Waals surface area contributed by atoms with Gasteiger partial charge in [-0.05, 0) is 32.0 Å². The van der Waals surface area contributed by atoms with Crippen molar-refractivity contribution < 1.29 is 9.59 Å². The van der Waals surface area contributed by atoms with E-state index in [-0.39, 0.29) is 24.3 Å². The van der Waals surface area contributed by atoms with Gasteiger partial charge in [0.2, 0.25) is 11.8 Å². The van der Waals surface area contributed by atoms with E-state index in [1.807, 2.05) is 31.0 Å². The van der Waals surface area contributed by atoms with Gasteiger partial charge in [-0.25, -0.2) is 0 Å². The minimum Gasteiger partial charge on any atom is -0.370 e. The lowest BCUT2D eigenvalue weighted by molar-refractivity contribution is -0.138. The molecule has 0 aromatic carbocycles. The van der Waals surface area contributed by atoms with Gasteiger partial charge in [0.05, 0.1) is 12.5 Å². The number of pyridine rings is 1. The zero-order valence-electron chi connectivity index (χ0n) is 15.8. The van der Waals surface area contributed by atoms with Crippen LogP contribution in [0.5, 0.6) is 0 Å². The third-order valence-electron chi connectivity index (χ3n) is 5.31. The van der Waals surface area contributed by atoms with Gasteiger partial charge >= 0.3 is 0 Å². The van der Waals surface area contributed by atoms with Gasteiger partial charge in [-0.1, -0.05) is 6.92 Å². The predicted molar refractivity (Wildman–Crippen MR) is 101 cm³/mol. The van der Waals surface area contributed by atoms with Gasteiger partial charge in [-0.3, -0.25) is 19.5 Å². The summed E-state index contributed by atoms with van der Waals surface area (Å²) in [6.07, 6.45) is 3.04. The average Bonchev–Trinajstić information content (AvgIpc) is 2.89. The molecule has 0 aliphatic carbocycles. The van der Waals surface area contributed by atoms with E-state index in [4.69, 9.17) is 0 Å². The van der Waals surface area contributed by atoms with Crippen LogP contribution in [0.2, 0.25) is 0 Å². The van der Waals surface area contributed by atoms with E-state index >= 15 is 0 Å². The van der Waals surface area contributed by atoms with Crippen LogP contribution in [0.3, 0.4) is 0 Å². The zero-order chi connectivity index (χ0) is 18.5. The van der Waals surface area contributed by atoms with Crippen molar-refractivity contribution in [3.8, 4) is 0 Å². The molecule has 0 radical (unpaired) electrons. The quantitative estimate of drug-likeness (QED) is 0.854. The highest BCUT2D eigenvalue weighted by molar-refractivity contribution is 5.88. The Hall–Kier alpha value is -2.15. The minimum atomic E-state index is -0.330. The molecule has 3 rings (SSSR count). The molecule has 7 nitrogen and oxygen atoms in total. The number of anilines is 1. The normalized spacial score (nSPS) is 22.1. The monoisotopic (exact) mass is 359 g/mol. The molecule has 2 aliphatic heterocycles. The molecule has 1 aromatic heterocycles. The smallest absolute Gasteiger partial charge is 0.237 e. The van der Waals surface area contributed by atoms with E-state index in [9.17, 15) is 9.59 Å². The second kappa shape index (κ2) is 8.49. The van der Waals surface area contributed by atoms with Crippen LogP contribution in [-0.2, 0) is 9.59 Å². The van der Waals surface area contributed by atoms with Crippen LogP contribution < -0.4 is 10.2 Å². The summed E-state index contributed by atoms with van der Waals surface area (Å²) in [5, 5.41) is 2.89. The Morgan fingerprint density at radius 2 is 2.12 bits per heavy atom. The number of nitrogens with zero attached hydrogens (tertiary/aromatic N) is 4. The molecule has 0 saturated carbocycles. The van der Waals surface area contributed by atoms with Crippen LogP contribution in [0.25, 0.3) is 0 Å². The molecule has 0 bridgehead atoms. The number of amides is 2. The Morgan fingerprint density at radius 3 is 2.88 bits per heavy atom. The second-order valence-corrected chi connectivity index (χ2v) is 7.02. The number of carbonyl (C=O) groups excluding carboxylic acids is 2. The standard InChI is InChI=1S/C19H29N5O2/c1-3-22-10-7-21-19(26)17(22)14-18(25)24-9-4-8-23(11-12-24)16-5-6-20-15(2)13-16/h5-6,13,17H,3-4,7-12,14H2,1-2H3,(H,21,26)/t17-/m1/s1. The van der Waals surface area contributed by atoms with Crippen molar-refractivity contribution in [2.24, 2.45) is 0 Å². The molecule has 7 heteroatoms. The average molecular weight is 359 g/mol. The number of rotatable bonds is 4. The summed E-state index contributed by atoms with van der Waals surface area (Å²) in [5.74, 6) is 0.0634. The van der Waals surface area contributed by atoms with Crippen molar-refractivity contribution in [2.75, 3.05) is 50.7 Å². The molecular weight excluding hydrogens is 330 g/mol. The lowest BCUT2D eigenvalue weighted by atomic mass is 10.1. The van der Waals surface area contributed by atoms with Crippen LogP contribution in [0.15, 0.2) is 18.3 Å². The topological polar surface area (TPSA) is 68.8 Å². The second-order valence-electron chi connectivity index (χ2n) is 7.02. The zero-order valence-corrected chi connectivity index (χ0v) is 15.8. The fourth-order valence-corrected chi connectivity index (χ4v) is 3.81. The maximum absolute atomic E-state index is 12.8. The summed E-state index contributed by atoms with van der Waals surface area (Å²) in [4.78, 5) is 35.6. The molecule has 3 heterocycles. The van der Waals surface area contributed by atoms with E-state index in [1.54, 1.807) is 0 Å². The van der Waals surface area contributed by atoms with Crippen molar-refractivity contribution in [3.63, 3.8) is 0 Å². The number of carbonyl (C=O) groups is 2. The lowest BCUT2D eigenvalue weighted by Gasteiger charge is -2.34. The molecule has 2 fully saturated rings. The summed E-state index contributed by atoms with van der Waals surface area (Å²) in [5.41, 5.74) is 2.17. The maximum atomic E-state index is 12.8. The molecule has 0 unspecified atom stereocenters. The van der Waals surface area contributed by atoms with E-state index in [2.05, 4.69) is 26.2 Å². The van der Waals surface area contributed by atoms with Crippen LogP contribution in [0, 0.1) is 6.92 Å². The van der Waals surface area contributed by atoms with Gasteiger partial charge in [0.1, 0.15) is 0 Å². The van der Waals surface area contributed by atoms with E-state index in [0.29, 0.717) is 13.1 Å². The molecule has 1 N–H and O–H groups in total. The Bertz CT molecular complexity index is 651. The third-order valence-corrected chi connectivity index (χ3v) is 5.31. The van der Waals surface area contributed by atoms with Crippen LogP contribution in [0.1, 0.15) is 25.5 Å². The molecular formula is C19H29N5O2. The van der Waals surface area contributed by atoms with Crippen molar-refractivity contribution in [3.05, 3.63) is 24.0 Å². The largest absolute Gasteiger partial charge is 0.370 e. The van der Waals surface area contributed by atoms with Gasteiger partial charge in [-0.2, -0.15) is 0 Å². The Kier molecular flexibility index (Phi) is 6.08. The number of hydrogen-bond acceptors (Lipinski definition) is 5. The summed E-state index contributed by atoms with van der Waals surface area (Å²) in [7, 11) is 0. The Labute approximate surface area is 155 Å². The first-order chi connectivity index (χ1) is 12.6. The van der Waals surface area contributed by atoms with Gasteiger partial charge < -0.3 is 15.1 Å². The molecule has 26 heavy (non-hydrogen) atoms. The molecule has 2 aliphatic rings. The van der Waals surface area contributed by atoms with Gasteiger partial charge in [0.15, 0.2) is 0 Å². The summed E-state index contributed by atoms with van der Waals surface area (Å²) in [6, 6.07) is 3.78. The van der Waals surface area contributed by atoms with Crippen molar-refractivity contribution in [1.29, 1.82) is 0 Å². The van der Waals surface area contributed by atoms with E-state index < -0.39 is 0 Å². The summed E-state index contributed by atoms with van der Waals surface area (Å²) in [6.45, 7) is 9.49. The molecule has 1 atom stereocenters. The number of nitrogens with one attached hydrogen (secondary N) is 1. The number of hydrogen-bond donors (Lipinski definition) is 1. The van der Waals surface area contributed by atoms with Gasteiger partial charge in [0, 0.05) is 56.8 Å². The number of aromatic nitrogens is 1. The third kappa shape index (κ3) is 4.33. The summed E-state index contributed by atoms with van der Waals surface area (Å²) >= 11 is 0. The number of piperazine rings is 1. The SMILES string of the molecule is CCN1CCNC(=O)[C@H]1CC(=O)N1CCCN(c2ccnc(C)c2)CC1. The molecule has 2 saturated heterocycles. The fourth-order valence-electron chi connectivity index (χ4n) is 3.81. The number of aryl methyl sites for hydroxylation is 1. The molecule has 1 aromatic rings. The van der Waals surface area contributed by atoms with Crippen LogP contribution in [-0.4, -0.2) is 78.5 Å². The highest BCUT2D eigenvalue weighted by atomic mass is 16.2. The van der Waals surface area contributed by atoms with Gasteiger partial charge in [0.25, 0.3) is 0 Å². The van der Waals surface area contributed by atoms with E-state index in [0.717, 1.165) is 50.5 Å². The van der Waals surface area contributed by atoms with Crippen LogP contribution in [0.4, 0.5) is 5.69 Å². The van der Waals surface area contributed by atoms with Crippen LogP contribution >= 0.6 is 0 Å². The van der Waals surface area contributed by atoms with Gasteiger partial charge in [-0.15, -0.1) is 0 Å². The highest BCUT2D eigenvalue weighted by Crippen LogP contribution is 2.18. The Morgan fingerprint density at radius 1 is 1.27 bits per heavy atom. The number of likely N-dealkylation sites (N-methyl/N-ethyl adjacent to an activating group) is 1. The lowest BCUT2D eigenvalue weighted by Crippen LogP contribution is -2.56. The van der Waals surface area contributed by atoms with E-state index in [1.165, 1.54) is 0 Å². The Balaban J connectivity index is 1.59. The van der Waals surface area contributed by atoms with Crippen molar-refractivity contribution >= 4 is 17.5 Å². The fraction of sp³-hybridized carbons (Fsp3) is 0.632. The van der Waals surface area contributed by atoms with Crippen molar-refractivity contribution in [1.82, 2.24) is 20.1 Å². The first-order valence-corrected chi connectivity index (χ1v) is 9.55. The minimum absolute atomic E-state index is 0.0184. The molecule has 142 valence electrons. The molecule has 0 spiro atoms. The summed E-state index contributed by atoms with van der Waals surface area (Å²) < 4.78 is 0. The highest BCUT2D eigenvalue weighted by Gasteiger charge is 2.32. The first kappa shape index (κ1) is 18.6. The maximum Gasteiger partial charge on any atom is 0.237 e.